The van der Waals surface area contributed by atoms with E-state index in [0.717, 1.165) is 30.2 Å². The van der Waals surface area contributed by atoms with E-state index in [4.69, 9.17) is 14.2 Å². The summed E-state index contributed by atoms with van der Waals surface area (Å²) >= 11 is 0. The summed E-state index contributed by atoms with van der Waals surface area (Å²) < 4.78 is 15.8. The van der Waals surface area contributed by atoms with Crippen molar-refractivity contribution in [2.75, 3.05) is 20.3 Å². The molecular formula is C42H50O5. The van der Waals surface area contributed by atoms with Crippen molar-refractivity contribution in [3.05, 3.63) is 102 Å². The van der Waals surface area contributed by atoms with Crippen LogP contribution in [0.5, 0.6) is 5.75 Å². The average molecular weight is 635 g/mol. The fourth-order valence-electron chi connectivity index (χ4n) is 7.39. The number of carbonyl (C=O) groups is 2. The summed E-state index contributed by atoms with van der Waals surface area (Å²) in [4.78, 5) is 24.0. The number of methoxy groups -OCH3 is 1. The lowest BCUT2D eigenvalue weighted by Crippen LogP contribution is -2.23. The maximum Gasteiger partial charge on any atom is 0.341 e. The Hall–Kier alpha value is -3.96. The van der Waals surface area contributed by atoms with Crippen LogP contribution in [0.4, 0.5) is 0 Å². The molecule has 0 bridgehead atoms. The van der Waals surface area contributed by atoms with Crippen LogP contribution in [0.2, 0.25) is 0 Å². The molecule has 47 heavy (non-hydrogen) atoms. The standard InChI is InChI=1S/C42H50O5/c1-29(2)41(43)46-26-8-9-31-12-14-34(15-13-31)37-22-25-39(35-20-23-38(24-21-35)47-42(44)30(3)28-45-4)40(27-37)36-18-16-33(17-19-36)32-10-6-5-7-11-32/h12-15,20-25,27,32-33,36H,1,3,5-11,16-19,26,28H2,2,4H3. The number of aryl methyl sites for hydroxylation is 1. The largest absolute Gasteiger partial charge is 0.462 e. The lowest BCUT2D eigenvalue weighted by Gasteiger charge is -2.36. The van der Waals surface area contributed by atoms with Crippen LogP contribution in [0, 0.1) is 11.8 Å². The van der Waals surface area contributed by atoms with E-state index in [-0.39, 0.29) is 18.1 Å². The Morgan fingerprint density at radius 3 is 2.04 bits per heavy atom. The summed E-state index contributed by atoms with van der Waals surface area (Å²) in [6, 6.07) is 23.5. The Bertz CT molecular complexity index is 1520. The van der Waals surface area contributed by atoms with Crippen molar-refractivity contribution in [2.45, 2.75) is 83.5 Å². The predicted molar refractivity (Wildman–Crippen MR) is 189 cm³/mol. The first-order valence-electron chi connectivity index (χ1n) is 17.4. The first-order valence-corrected chi connectivity index (χ1v) is 17.4. The number of ether oxygens (including phenoxy) is 3. The molecule has 2 fully saturated rings. The number of esters is 2. The van der Waals surface area contributed by atoms with Gasteiger partial charge in [-0.25, -0.2) is 9.59 Å². The second-order valence-corrected chi connectivity index (χ2v) is 13.5. The molecule has 0 saturated heterocycles. The number of hydrogen-bond donors (Lipinski definition) is 0. The molecule has 0 radical (unpaired) electrons. The van der Waals surface area contributed by atoms with Gasteiger partial charge in [-0.15, -0.1) is 0 Å². The number of rotatable bonds is 13. The quantitative estimate of drug-likeness (QED) is 0.0810. The molecule has 5 heteroatoms. The van der Waals surface area contributed by atoms with Crippen LogP contribution in [0.25, 0.3) is 22.3 Å². The molecule has 2 aliphatic carbocycles. The van der Waals surface area contributed by atoms with Gasteiger partial charge in [0.05, 0.1) is 18.8 Å². The Morgan fingerprint density at radius 1 is 0.745 bits per heavy atom. The van der Waals surface area contributed by atoms with Crippen LogP contribution >= 0.6 is 0 Å². The summed E-state index contributed by atoms with van der Waals surface area (Å²) in [5.74, 6) is 2.00. The fourth-order valence-corrected chi connectivity index (χ4v) is 7.39. The molecular weight excluding hydrogens is 584 g/mol. The highest BCUT2D eigenvalue weighted by molar-refractivity contribution is 5.90. The summed E-state index contributed by atoms with van der Waals surface area (Å²) in [5, 5.41) is 0. The molecule has 0 atom stereocenters. The molecule has 0 N–H and O–H groups in total. The molecule has 248 valence electrons. The molecule has 0 heterocycles. The first-order chi connectivity index (χ1) is 22.8. The topological polar surface area (TPSA) is 61.8 Å². The zero-order valence-corrected chi connectivity index (χ0v) is 28.2. The van der Waals surface area contributed by atoms with E-state index in [9.17, 15) is 9.59 Å². The monoisotopic (exact) mass is 634 g/mol. The summed E-state index contributed by atoms with van der Waals surface area (Å²) in [6.45, 7) is 9.60. The van der Waals surface area contributed by atoms with E-state index in [1.165, 1.54) is 92.7 Å². The van der Waals surface area contributed by atoms with E-state index in [0.29, 0.717) is 23.8 Å². The van der Waals surface area contributed by atoms with Gasteiger partial charge in [-0.1, -0.05) is 99.9 Å². The van der Waals surface area contributed by atoms with Crippen molar-refractivity contribution in [3.8, 4) is 28.0 Å². The third kappa shape index (κ3) is 9.32. The first kappa shape index (κ1) is 34.4. The Labute approximate surface area is 281 Å². The van der Waals surface area contributed by atoms with Crippen LogP contribution < -0.4 is 4.74 Å². The van der Waals surface area contributed by atoms with Crippen molar-refractivity contribution in [1.82, 2.24) is 0 Å². The smallest absolute Gasteiger partial charge is 0.341 e. The van der Waals surface area contributed by atoms with Crippen LogP contribution in [-0.2, 0) is 25.5 Å². The third-order valence-corrected chi connectivity index (χ3v) is 10.0. The molecule has 5 rings (SSSR count). The summed E-state index contributed by atoms with van der Waals surface area (Å²) in [6.07, 6.45) is 13.8. The van der Waals surface area contributed by atoms with Gasteiger partial charge in [0.2, 0.25) is 0 Å². The van der Waals surface area contributed by atoms with Gasteiger partial charge in [0.1, 0.15) is 5.75 Å². The Kier molecular flexibility index (Phi) is 12.2. The highest BCUT2D eigenvalue weighted by Gasteiger charge is 2.30. The second kappa shape index (κ2) is 16.7. The lowest BCUT2D eigenvalue weighted by molar-refractivity contribution is -0.139. The predicted octanol–water partition coefficient (Wildman–Crippen LogP) is 10.0. The van der Waals surface area contributed by atoms with Gasteiger partial charge >= 0.3 is 11.9 Å². The van der Waals surface area contributed by atoms with Crippen molar-refractivity contribution in [3.63, 3.8) is 0 Å². The maximum atomic E-state index is 12.3. The summed E-state index contributed by atoms with van der Waals surface area (Å²) in [7, 11) is 1.53. The molecule has 0 spiro atoms. The van der Waals surface area contributed by atoms with Gasteiger partial charge in [0.25, 0.3) is 0 Å². The van der Waals surface area contributed by atoms with Gasteiger partial charge in [-0.2, -0.15) is 0 Å². The highest BCUT2D eigenvalue weighted by Crippen LogP contribution is 2.46. The summed E-state index contributed by atoms with van der Waals surface area (Å²) in [5.41, 5.74) is 8.15. The number of benzene rings is 3. The molecule has 0 amide bonds. The lowest BCUT2D eigenvalue weighted by atomic mass is 9.69. The van der Waals surface area contributed by atoms with Crippen LogP contribution in [0.1, 0.15) is 88.2 Å². The van der Waals surface area contributed by atoms with Gasteiger partial charge < -0.3 is 14.2 Å². The van der Waals surface area contributed by atoms with E-state index in [1.807, 2.05) is 12.1 Å². The Morgan fingerprint density at radius 2 is 1.38 bits per heavy atom. The van der Waals surface area contributed by atoms with Gasteiger partial charge in [0.15, 0.2) is 0 Å². The molecule has 0 unspecified atom stereocenters. The van der Waals surface area contributed by atoms with E-state index in [2.05, 4.69) is 67.8 Å². The highest BCUT2D eigenvalue weighted by atomic mass is 16.5. The molecule has 2 saturated carbocycles. The zero-order valence-electron chi connectivity index (χ0n) is 28.2. The number of carbonyl (C=O) groups excluding carboxylic acids is 2. The number of hydrogen-bond acceptors (Lipinski definition) is 5. The van der Waals surface area contributed by atoms with Crippen molar-refractivity contribution >= 4 is 11.9 Å². The van der Waals surface area contributed by atoms with Gasteiger partial charge in [0, 0.05) is 12.7 Å². The second-order valence-electron chi connectivity index (χ2n) is 13.5. The molecule has 3 aromatic carbocycles. The zero-order chi connectivity index (χ0) is 33.2. The van der Waals surface area contributed by atoms with Crippen LogP contribution in [0.3, 0.4) is 0 Å². The molecule has 0 aliphatic heterocycles. The molecule has 2 aliphatic rings. The van der Waals surface area contributed by atoms with Crippen molar-refractivity contribution < 1.29 is 23.8 Å². The van der Waals surface area contributed by atoms with Crippen molar-refractivity contribution in [1.29, 1.82) is 0 Å². The van der Waals surface area contributed by atoms with E-state index in [1.54, 1.807) is 6.92 Å². The van der Waals surface area contributed by atoms with Crippen LogP contribution in [0.15, 0.2) is 91.0 Å². The van der Waals surface area contributed by atoms with Gasteiger partial charge in [-0.05, 0) is 109 Å². The minimum absolute atomic E-state index is 0.144. The SMILES string of the molecule is C=C(C)C(=O)OCCCc1ccc(-c2ccc(-c3ccc(OC(=O)C(=C)COC)cc3)c(C3CCC(C4CCCCC4)CC3)c2)cc1. The van der Waals surface area contributed by atoms with Crippen LogP contribution in [-0.4, -0.2) is 32.3 Å². The molecule has 5 nitrogen and oxygen atoms in total. The minimum atomic E-state index is -0.475. The van der Waals surface area contributed by atoms with E-state index < -0.39 is 5.97 Å². The average Bonchev–Trinajstić information content (AvgIpc) is 3.11. The van der Waals surface area contributed by atoms with Crippen molar-refractivity contribution in [2.24, 2.45) is 11.8 Å². The maximum absolute atomic E-state index is 12.3. The minimum Gasteiger partial charge on any atom is -0.462 e. The normalized spacial score (nSPS) is 18.3. The molecule has 0 aromatic heterocycles. The Balaban J connectivity index is 1.33. The fraction of sp³-hybridized carbons (Fsp3) is 0.429. The third-order valence-electron chi connectivity index (χ3n) is 10.0. The van der Waals surface area contributed by atoms with Gasteiger partial charge in [-0.3, -0.25) is 0 Å². The van der Waals surface area contributed by atoms with E-state index >= 15 is 0 Å². The molecule has 3 aromatic rings.